The summed E-state index contributed by atoms with van der Waals surface area (Å²) in [5.41, 5.74) is 5.46. The van der Waals surface area contributed by atoms with E-state index in [1.54, 1.807) is 0 Å². The van der Waals surface area contributed by atoms with Gasteiger partial charge in [-0.15, -0.1) is 0 Å². The first-order valence-corrected chi connectivity index (χ1v) is 11.7. The van der Waals surface area contributed by atoms with Crippen LogP contribution in [-0.2, 0) is 13.0 Å². The topological polar surface area (TPSA) is 7.12 Å². The molecule has 0 aliphatic carbocycles. The van der Waals surface area contributed by atoms with E-state index in [9.17, 15) is 0 Å². The monoisotopic (exact) mass is 407 g/mol. The average Bonchev–Trinajstić information content (AvgIpc) is 3.24. The number of aryl methyl sites for hydroxylation is 2. The molecule has 4 rings (SSSR count). The largest absolute Gasteiger partial charge is 0.335 e. The van der Waals surface area contributed by atoms with Gasteiger partial charge in [-0.3, -0.25) is 0 Å². The SMILES string of the molecule is CCc1cccc2sc(C=C(C)C=C3Sc4ccccc4N3CC)[n+](CC)c12. The number of hydrogen-bond acceptors (Lipinski definition) is 3. The molecule has 28 heavy (non-hydrogen) atoms. The predicted molar refractivity (Wildman–Crippen MR) is 124 cm³/mol. The molecule has 1 aliphatic heterocycles. The van der Waals surface area contributed by atoms with Gasteiger partial charge in [0.2, 0.25) is 5.52 Å². The maximum atomic E-state index is 2.47. The highest BCUT2D eigenvalue weighted by Crippen LogP contribution is 2.45. The van der Waals surface area contributed by atoms with E-state index in [1.165, 1.54) is 42.0 Å². The van der Waals surface area contributed by atoms with Gasteiger partial charge in [-0.25, -0.2) is 0 Å². The van der Waals surface area contributed by atoms with Crippen molar-refractivity contribution in [2.75, 3.05) is 11.4 Å². The molecule has 3 aromatic rings. The molecule has 2 aromatic carbocycles. The fraction of sp³-hybridized carbons (Fsp3) is 0.292. The highest BCUT2D eigenvalue weighted by molar-refractivity contribution is 8.03. The highest BCUT2D eigenvalue weighted by Gasteiger charge is 2.24. The van der Waals surface area contributed by atoms with Gasteiger partial charge in [-0.1, -0.05) is 54.3 Å². The van der Waals surface area contributed by atoms with Crippen LogP contribution in [0.2, 0.25) is 0 Å². The molecule has 0 bridgehead atoms. The van der Waals surface area contributed by atoms with E-state index >= 15 is 0 Å². The van der Waals surface area contributed by atoms with Crippen molar-refractivity contribution in [3.63, 3.8) is 0 Å². The van der Waals surface area contributed by atoms with Crippen LogP contribution in [0.3, 0.4) is 0 Å². The summed E-state index contributed by atoms with van der Waals surface area (Å²) in [5.74, 6) is 0. The Balaban J connectivity index is 1.73. The molecular formula is C24H27N2S2+. The molecule has 0 fully saturated rings. The van der Waals surface area contributed by atoms with Gasteiger partial charge in [0.05, 0.1) is 10.7 Å². The van der Waals surface area contributed by atoms with Gasteiger partial charge in [0.25, 0.3) is 5.01 Å². The molecule has 0 atom stereocenters. The fourth-order valence-electron chi connectivity index (χ4n) is 3.86. The molecule has 0 amide bonds. The number of thiazole rings is 1. The number of anilines is 1. The minimum Gasteiger partial charge on any atom is -0.335 e. The van der Waals surface area contributed by atoms with Gasteiger partial charge in [0, 0.05) is 23.1 Å². The molecule has 1 aliphatic rings. The average molecular weight is 408 g/mol. The maximum Gasteiger partial charge on any atom is 0.263 e. The van der Waals surface area contributed by atoms with Crippen LogP contribution in [0.15, 0.2) is 64.0 Å². The predicted octanol–water partition coefficient (Wildman–Crippen LogP) is 6.65. The Hall–Kier alpha value is -2.04. The Morgan fingerprint density at radius 2 is 1.89 bits per heavy atom. The third-order valence-corrected chi connectivity index (χ3v) is 7.39. The van der Waals surface area contributed by atoms with Gasteiger partial charge >= 0.3 is 0 Å². The Morgan fingerprint density at radius 1 is 1.07 bits per heavy atom. The van der Waals surface area contributed by atoms with Crippen LogP contribution in [0.4, 0.5) is 5.69 Å². The van der Waals surface area contributed by atoms with Crippen molar-refractivity contribution in [1.82, 2.24) is 0 Å². The van der Waals surface area contributed by atoms with Crippen molar-refractivity contribution >= 4 is 45.1 Å². The second-order valence-electron chi connectivity index (χ2n) is 6.99. The number of para-hydroxylation sites is 2. The first kappa shape index (κ1) is 19.3. The molecule has 0 unspecified atom stereocenters. The number of hydrogen-bond donors (Lipinski definition) is 0. The number of aromatic nitrogens is 1. The smallest absolute Gasteiger partial charge is 0.263 e. The minimum absolute atomic E-state index is 0.987. The Kier molecular flexibility index (Phi) is 5.61. The van der Waals surface area contributed by atoms with E-state index < -0.39 is 0 Å². The van der Waals surface area contributed by atoms with Crippen LogP contribution in [0.25, 0.3) is 16.3 Å². The Labute approximate surface area is 176 Å². The van der Waals surface area contributed by atoms with Crippen LogP contribution in [0.5, 0.6) is 0 Å². The molecule has 0 spiro atoms. The molecular weight excluding hydrogens is 380 g/mol. The zero-order chi connectivity index (χ0) is 19.7. The zero-order valence-corrected chi connectivity index (χ0v) is 18.7. The summed E-state index contributed by atoms with van der Waals surface area (Å²) in [7, 11) is 0. The maximum absolute atomic E-state index is 2.47. The van der Waals surface area contributed by atoms with Gasteiger partial charge in [0.15, 0.2) is 0 Å². The molecule has 4 heteroatoms. The van der Waals surface area contributed by atoms with E-state index in [0.29, 0.717) is 0 Å². The van der Waals surface area contributed by atoms with Gasteiger partial charge in [0.1, 0.15) is 11.2 Å². The minimum atomic E-state index is 0.987. The van der Waals surface area contributed by atoms with Gasteiger partial charge in [-0.05, 0) is 57.0 Å². The molecule has 0 saturated heterocycles. The standard InChI is InChI=1S/C24H27N2S2/c1-5-18-11-10-14-21-24(18)26(7-3)23(28-21)16-17(4)15-22-25(6-2)19-12-8-9-13-20(19)27-22/h8-16H,5-7H2,1-4H3/q+1. The number of fused-ring (bicyclic) bond motifs is 2. The number of thioether (sulfide) groups is 1. The summed E-state index contributed by atoms with van der Waals surface area (Å²) in [5, 5.41) is 2.65. The summed E-state index contributed by atoms with van der Waals surface area (Å²) < 4.78 is 3.85. The van der Waals surface area contributed by atoms with Crippen molar-refractivity contribution in [3.8, 4) is 0 Å². The molecule has 0 N–H and O–H groups in total. The molecule has 144 valence electrons. The van der Waals surface area contributed by atoms with E-state index in [0.717, 1.165) is 19.5 Å². The van der Waals surface area contributed by atoms with Crippen LogP contribution in [0, 0.1) is 0 Å². The number of benzene rings is 2. The van der Waals surface area contributed by atoms with Crippen molar-refractivity contribution in [1.29, 1.82) is 0 Å². The quantitative estimate of drug-likeness (QED) is 0.437. The molecule has 1 aromatic heterocycles. The van der Waals surface area contributed by atoms with Crippen molar-refractivity contribution in [3.05, 3.63) is 69.7 Å². The molecule has 2 nitrogen and oxygen atoms in total. The lowest BCUT2D eigenvalue weighted by Crippen LogP contribution is -2.34. The summed E-state index contributed by atoms with van der Waals surface area (Å²) in [4.78, 5) is 3.76. The van der Waals surface area contributed by atoms with Crippen LogP contribution in [-0.4, -0.2) is 6.54 Å². The molecule has 0 saturated carbocycles. The zero-order valence-electron chi connectivity index (χ0n) is 17.0. The summed E-state index contributed by atoms with van der Waals surface area (Å²) >= 11 is 3.77. The lowest BCUT2D eigenvalue weighted by molar-refractivity contribution is -0.665. The van der Waals surface area contributed by atoms with Crippen molar-refractivity contribution in [2.45, 2.75) is 45.6 Å². The van der Waals surface area contributed by atoms with Crippen LogP contribution >= 0.6 is 23.1 Å². The van der Waals surface area contributed by atoms with Gasteiger partial charge < -0.3 is 4.90 Å². The first-order valence-electron chi connectivity index (χ1n) is 10.0. The van der Waals surface area contributed by atoms with E-state index in [-0.39, 0.29) is 0 Å². The summed E-state index contributed by atoms with van der Waals surface area (Å²) in [6.07, 6.45) is 5.75. The third kappa shape index (κ3) is 3.40. The van der Waals surface area contributed by atoms with Crippen molar-refractivity contribution in [2.24, 2.45) is 0 Å². The second-order valence-corrected chi connectivity index (χ2v) is 9.11. The van der Waals surface area contributed by atoms with Crippen LogP contribution < -0.4 is 9.47 Å². The van der Waals surface area contributed by atoms with E-state index in [1.807, 2.05) is 23.1 Å². The van der Waals surface area contributed by atoms with E-state index in [2.05, 4.69) is 91.8 Å². The van der Waals surface area contributed by atoms with E-state index in [4.69, 9.17) is 0 Å². The number of rotatable bonds is 5. The molecule has 2 heterocycles. The third-order valence-electron chi connectivity index (χ3n) is 5.19. The number of allylic oxidation sites excluding steroid dienone is 2. The summed E-state index contributed by atoms with van der Waals surface area (Å²) in [6.45, 7) is 10.9. The highest BCUT2D eigenvalue weighted by atomic mass is 32.2. The van der Waals surface area contributed by atoms with Crippen LogP contribution in [0.1, 0.15) is 38.3 Å². The lowest BCUT2D eigenvalue weighted by Gasteiger charge is -2.17. The lowest BCUT2D eigenvalue weighted by atomic mass is 10.1. The number of nitrogens with zero attached hydrogens (tertiary/aromatic N) is 2. The Bertz CT molecular complexity index is 1080. The van der Waals surface area contributed by atoms with Gasteiger partial charge in [-0.2, -0.15) is 4.57 Å². The second kappa shape index (κ2) is 8.14. The Morgan fingerprint density at radius 3 is 2.64 bits per heavy atom. The fourth-order valence-corrected chi connectivity index (χ4v) is 6.38. The normalized spacial score (nSPS) is 15.6. The van der Waals surface area contributed by atoms with Crippen molar-refractivity contribution < 1.29 is 4.57 Å². The summed E-state index contributed by atoms with van der Waals surface area (Å²) in [6, 6.07) is 15.4. The molecule has 0 radical (unpaired) electrons. The first-order chi connectivity index (χ1) is 13.7.